The van der Waals surface area contributed by atoms with Gasteiger partial charge < -0.3 is 34.2 Å². The van der Waals surface area contributed by atoms with Crippen LogP contribution < -0.4 is 9.47 Å². The second-order valence-electron chi connectivity index (χ2n) is 15.1. The van der Waals surface area contributed by atoms with Crippen LogP contribution in [0.3, 0.4) is 0 Å². The first-order valence-electron chi connectivity index (χ1n) is 20.3. The lowest BCUT2D eigenvalue weighted by Gasteiger charge is -2.59. The number of allylic oxidation sites excluding steroid dienone is 1. The Hall–Kier alpha value is -5.63. The number of likely N-dealkylation sites (N-methyl/N-ethyl adjacent to an activating group) is 1. The number of rotatable bonds is 20. The minimum atomic E-state index is -1.43. The molecule has 1 saturated carbocycles. The number of oxime groups is 1. The first kappa shape index (κ1) is 43.0. The van der Waals surface area contributed by atoms with Crippen LogP contribution in [0.1, 0.15) is 79.3 Å². The van der Waals surface area contributed by atoms with Crippen molar-refractivity contribution >= 4 is 29.7 Å². The number of hydrogen-bond acceptors (Lipinski definition) is 11. The van der Waals surface area contributed by atoms with E-state index in [9.17, 15) is 29.9 Å². The molecule has 3 aromatic carbocycles. The number of aliphatic hydroxyl groups is 2. The number of carbonyl (C=O) groups excluding carboxylic acids is 2. The van der Waals surface area contributed by atoms with Crippen molar-refractivity contribution in [3.63, 3.8) is 0 Å². The molecule has 312 valence electrons. The van der Waals surface area contributed by atoms with E-state index < -0.39 is 22.7 Å². The number of nitrogens with zero attached hydrogens (tertiary/aromatic N) is 3. The van der Waals surface area contributed by atoms with Crippen molar-refractivity contribution < 1.29 is 43.8 Å². The number of fused-ring (bicyclic) bond motifs is 2. The van der Waals surface area contributed by atoms with E-state index in [0.29, 0.717) is 53.5 Å². The molecule has 6 rings (SSSR count). The van der Waals surface area contributed by atoms with Crippen LogP contribution in [0, 0.1) is 27.9 Å². The number of hydrogen-bond donors (Lipinski definition) is 2. The Morgan fingerprint density at radius 1 is 1.03 bits per heavy atom. The van der Waals surface area contributed by atoms with E-state index in [2.05, 4.69) is 17.8 Å². The molecule has 1 fully saturated rings. The number of ether oxygens (including phenoxy) is 3. The highest BCUT2D eigenvalue weighted by Crippen LogP contribution is 2.62. The van der Waals surface area contributed by atoms with Gasteiger partial charge in [-0.1, -0.05) is 42.3 Å². The monoisotopic (exact) mass is 807 g/mol. The first-order valence-corrected chi connectivity index (χ1v) is 20.3. The van der Waals surface area contributed by atoms with Crippen molar-refractivity contribution in [2.45, 2.75) is 69.6 Å². The zero-order chi connectivity index (χ0) is 41.9. The van der Waals surface area contributed by atoms with Crippen LogP contribution in [0.15, 0.2) is 102 Å². The number of aldehydes is 1. The van der Waals surface area contributed by atoms with Crippen molar-refractivity contribution in [1.82, 2.24) is 4.90 Å². The summed E-state index contributed by atoms with van der Waals surface area (Å²) in [5.74, 6) is -0.813. The van der Waals surface area contributed by atoms with Gasteiger partial charge in [-0.15, -0.1) is 6.58 Å². The van der Waals surface area contributed by atoms with E-state index in [1.807, 2.05) is 25.1 Å². The van der Waals surface area contributed by atoms with Gasteiger partial charge in [0.05, 0.1) is 23.2 Å². The predicted octanol–water partition coefficient (Wildman–Crippen LogP) is 8.02. The summed E-state index contributed by atoms with van der Waals surface area (Å²) >= 11 is 0. The Labute approximate surface area is 344 Å². The van der Waals surface area contributed by atoms with E-state index >= 15 is 0 Å². The van der Waals surface area contributed by atoms with E-state index in [-0.39, 0.29) is 55.6 Å². The average molecular weight is 808 g/mol. The maximum atomic E-state index is 14.2. The van der Waals surface area contributed by atoms with Crippen LogP contribution in [0.4, 0.5) is 5.69 Å². The van der Waals surface area contributed by atoms with Crippen LogP contribution in [0.25, 0.3) is 6.08 Å². The lowest BCUT2D eigenvalue weighted by molar-refractivity contribution is -0.384. The van der Waals surface area contributed by atoms with Gasteiger partial charge in [0.2, 0.25) is 11.7 Å². The lowest BCUT2D eigenvalue weighted by atomic mass is 9.55. The predicted molar refractivity (Wildman–Crippen MR) is 223 cm³/mol. The molecule has 0 saturated heterocycles. The summed E-state index contributed by atoms with van der Waals surface area (Å²) in [7, 11) is 1.71. The SMILES string of the molecule is C=CCOC12Oc3ccc(Oc4cccc(C=O)c4)cc3C3C(CCCCO)C(CCCCO)C=C(C(=NOCC)CC1N(C)C(=O)C=Cc1ccc([N+](=O)[O-])cc1)C32. The van der Waals surface area contributed by atoms with Gasteiger partial charge in [-0.2, -0.15) is 0 Å². The molecule has 3 aliphatic rings. The normalized spacial score (nSPS) is 23.7. The van der Waals surface area contributed by atoms with Crippen LogP contribution >= 0.6 is 0 Å². The molecule has 1 heterocycles. The summed E-state index contributed by atoms with van der Waals surface area (Å²) in [5.41, 5.74) is 3.54. The third-order valence-corrected chi connectivity index (χ3v) is 11.5. The molecule has 0 aromatic heterocycles. The highest BCUT2D eigenvalue weighted by molar-refractivity contribution is 6.03. The summed E-state index contributed by atoms with van der Waals surface area (Å²) in [6.45, 7) is 6.42. The molecule has 13 heteroatoms. The summed E-state index contributed by atoms with van der Waals surface area (Å²) in [6, 6.07) is 17.8. The maximum absolute atomic E-state index is 14.2. The number of non-ortho nitro benzene ring substituents is 1. The molecule has 0 radical (unpaired) electrons. The molecule has 3 aromatic rings. The summed E-state index contributed by atoms with van der Waals surface area (Å²) in [6.07, 6.45) is 12.4. The number of nitro benzene ring substituents is 1. The molecule has 2 aliphatic carbocycles. The number of carbonyl (C=O) groups is 2. The minimum Gasteiger partial charge on any atom is -0.459 e. The van der Waals surface area contributed by atoms with Gasteiger partial charge in [-0.3, -0.25) is 19.7 Å². The van der Waals surface area contributed by atoms with Crippen LogP contribution in [-0.4, -0.2) is 83.2 Å². The second-order valence-corrected chi connectivity index (χ2v) is 15.1. The fourth-order valence-corrected chi connectivity index (χ4v) is 8.87. The summed E-state index contributed by atoms with van der Waals surface area (Å²) < 4.78 is 20.5. The van der Waals surface area contributed by atoms with Gasteiger partial charge in [0.25, 0.3) is 5.69 Å². The molecule has 2 N–H and O–H groups in total. The fourth-order valence-electron chi connectivity index (χ4n) is 8.87. The molecular formula is C46H53N3O10. The zero-order valence-electron chi connectivity index (χ0n) is 33.6. The molecule has 1 aliphatic heterocycles. The average Bonchev–Trinajstić information content (AvgIpc) is 3.25. The lowest BCUT2D eigenvalue weighted by Crippen LogP contribution is -2.69. The van der Waals surface area contributed by atoms with E-state index in [0.717, 1.165) is 43.1 Å². The van der Waals surface area contributed by atoms with Gasteiger partial charge in [0, 0.05) is 61.9 Å². The highest BCUT2D eigenvalue weighted by Gasteiger charge is 2.65. The number of aliphatic hydroxyl groups excluding tert-OH is 2. The van der Waals surface area contributed by atoms with Crippen LogP contribution in [-0.2, 0) is 14.4 Å². The quantitative estimate of drug-likeness (QED) is 0.0285. The van der Waals surface area contributed by atoms with Gasteiger partial charge >= 0.3 is 0 Å². The Kier molecular flexibility index (Phi) is 14.5. The van der Waals surface area contributed by atoms with Crippen molar-refractivity contribution in [1.29, 1.82) is 0 Å². The van der Waals surface area contributed by atoms with Gasteiger partial charge in [0.15, 0.2) is 0 Å². The van der Waals surface area contributed by atoms with Crippen LogP contribution in [0.5, 0.6) is 17.2 Å². The molecule has 0 spiro atoms. The third kappa shape index (κ3) is 9.48. The van der Waals surface area contributed by atoms with Crippen molar-refractivity contribution in [2.24, 2.45) is 22.9 Å². The van der Waals surface area contributed by atoms with E-state index in [1.54, 1.807) is 60.5 Å². The summed E-state index contributed by atoms with van der Waals surface area (Å²) in [4.78, 5) is 43.9. The smallest absolute Gasteiger partial charge is 0.269 e. The van der Waals surface area contributed by atoms with E-state index in [1.165, 1.54) is 18.2 Å². The van der Waals surface area contributed by atoms with Gasteiger partial charge in [-0.05, 0) is 104 Å². The number of benzene rings is 3. The Bertz CT molecular complexity index is 2060. The molecule has 6 atom stereocenters. The molecule has 59 heavy (non-hydrogen) atoms. The molecule has 13 nitrogen and oxygen atoms in total. The van der Waals surface area contributed by atoms with Crippen molar-refractivity contribution in [3.8, 4) is 17.2 Å². The molecule has 6 unspecified atom stereocenters. The fraction of sp³-hybridized carbons (Fsp3) is 0.413. The van der Waals surface area contributed by atoms with Gasteiger partial charge in [0.1, 0.15) is 36.2 Å². The second kappa shape index (κ2) is 19.9. The minimum absolute atomic E-state index is 0.0205. The van der Waals surface area contributed by atoms with E-state index in [4.69, 9.17) is 19.0 Å². The topological polar surface area (TPSA) is 170 Å². The highest BCUT2D eigenvalue weighted by atomic mass is 16.7. The molecule has 0 bridgehead atoms. The van der Waals surface area contributed by atoms with Crippen LogP contribution in [0.2, 0.25) is 0 Å². The Balaban J connectivity index is 1.51. The third-order valence-electron chi connectivity index (χ3n) is 11.5. The summed E-state index contributed by atoms with van der Waals surface area (Å²) in [5, 5.41) is 35.6. The Morgan fingerprint density at radius 3 is 2.47 bits per heavy atom. The first-order chi connectivity index (χ1) is 28.7. The molecular weight excluding hydrogens is 755 g/mol. The van der Waals surface area contributed by atoms with Gasteiger partial charge in [-0.25, -0.2) is 0 Å². The number of unbranched alkanes of at least 4 members (excludes halogenated alkanes) is 2. The van der Waals surface area contributed by atoms with Crippen molar-refractivity contribution in [2.75, 3.05) is 33.5 Å². The largest absolute Gasteiger partial charge is 0.459 e. The maximum Gasteiger partial charge on any atom is 0.269 e. The van der Waals surface area contributed by atoms with Crippen molar-refractivity contribution in [3.05, 3.63) is 124 Å². The number of amides is 1. The molecule has 1 amide bonds. The number of nitro groups is 1. The standard InChI is InChI=1S/C46H53N3O10/c1-4-25-56-46-42(48(3)43(53)22-17-31-15-18-34(19-16-31)49(54)55)29-40(47-57-5-2)38-27-33(12-6-8-23-50)37(14-7-9-24-51)44(45(38)46)39-28-36(20-21-41(39)59-46)58-35-13-10-11-32(26-35)30-52/h4,10-11,13,15-22,26-28,30,33,37,42,44-45,50-51H,1,5-9,12,14,23-25,29H2,2-3H3. The Morgan fingerprint density at radius 2 is 1.78 bits per heavy atom. The zero-order valence-corrected chi connectivity index (χ0v) is 33.6.